The van der Waals surface area contributed by atoms with E-state index in [-0.39, 0.29) is 5.82 Å². The number of methoxy groups -OCH3 is 1. The number of nitrogens with one attached hydrogen (secondary N) is 1. The van der Waals surface area contributed by atoms with Gasteiger partial charge in [0, 0.05) is 24.7 Å². The molecule has 3 nitrogen and oxygen atoms in total. The number of halogens is 1. The lowest BCUT2D eigenvalue weighted by molar-refractivity contribution is 0.193. The molecule has 1 unspecified atom stereocenters. The van der Waals surface area contributed by atoms with Crippen LogP contribution < -0.4 is 10.1 Å². The molecule has 1 fully saturated rings. The number of ether oxygens (including phenoxy) is 1. The predicted octanol–water partition coefficient (Wildman–Crippen LogP) is 2.02. The summed E-state index contributed by atoms with van der Waals surface area (Å²) in [6.07, 6.45) is 2.40. The maximum atomic E-state index is 13.3. The number of likely N-dealkylation sites (N-methyl/N-ethyl adjacent to an activating group) is 1. The molecule has 1 atom stereocenters. The highest BCUT2D eigenvalue weighted by Gasteiger charge is 2.18. The van der Waals surface area contributed by atoms with Crippen LogP contribution >= 0.6 is 0 Å². The summed E-state index contributed by atoms with van der Waals surface area (Å²) in [5, 5.41) is 3.39. The van der Waals surface area contributed by atoms with Gasteiger partial charge in [0.15, 0.2) is 0 Å². The summed E-state index contributed by atoms with van der Waals surface area (Å²) >= 11 is 0. The van der Waals surface area contributed by atoms with E-state index in [0.717, 1.165) is 24.4 Å². The summed E-state index contributed by atoms with van der Waals surface area (Å²) in [6.45, 7) is 2.83. The standard InChI is InChI=1S/C14H21FN2O/c1-17(13-4-3-7-16-9-13)10-11-8-12(15)5-6-14(11)18-2/h5-6,8,13,16H,3-4,7,9-10H2,1-2H3. The SMILES string of the molecule is COc1ccc(F)cc1CN(C)C1CCCNC1. The van der Waals surface area contributed by atoms with Gasteiger partial charge in [-0.15, -0.1) is 0 Å². The number of nitrogens with zero attached hydrogens (tertiary/aromatic N) is 1. The molecule has 1 N–H and O–H groups in total. The van der Waals surface area contributed by atoms with E-state index in [0.29, 0.717) is 12.6 Å². The fourth-order valence-electron chi connectivity index (χ4n) is 2.48. The Kier molecular flexibility index (Phi) is 4.55. The average Bonchev–Trinajstić information content (AvgIpc) is 2.40. The van der Waals surface area contributed by atoms with Crippen molar-refractivity contribution in [3.8, 4) is 5.75 Å². The van der Waals surface area contributed by atoms with Gasteiger partial charge >= 0.3 is 0 Å². The van der Waals surface area contributed by atoms with Crippen LogP contribution in [0.1, 0.15) is 18.4 Å². The zero-order chi connectivity index (χ0) is 13.0. The molecule has 0 saturated carbocycles. The summed E-state index contributed by atoms with van der Waals surface area (Å²) in [5.41, 5.74) is 0.908. The highest BCUT2D eigenvalue weighted by molar-refractivity contribution is 5.33. The van der Waals surface area contributed by atoms with Gasteiger partial charge in [0.05, 0.1) is 7.11 Å². The van der Waals surface area contributed by atoms with Crippen molar-refractivity contribution in [1.82, 2.24) is 10.2 Å². The molecule has 1 aliphatic rings. The van der Waals surface area contributed by atoms with Crippen molar-refractivity contribution in [3.05, 3.63) is 29.6 Å². The first kappa shape index (κ1) is 13.3. The van der Waals surface area contributed by atoms with Crippen molar-refractivity contribution in [3.63, 3.8) is 0 Å². The van der Waals surface area contributed by atoms with Crippen LogP contribution in [0.3, 0.4) is 0 Å². The minimum absolute atomic E-state index is 0.207. The van der Waals surface area contributed by atoms with Gasteiger partial charge in [0.2, 0.25) is 0 Å². The van der Waals surface area contributed by atoms with E-state index in [1.165, 1.54) is 18.9 Å². The molecule has 18 heavy (non-hydrogen) atoms. The van der Waals surface area contributed by atoms with Gasteiger partial charge < -0.3 is 10.1 Å². The van der Waals surface area contributed by atoms with Crippen LogP contribution in [0.2, 0.25) is 0 Å². The quantitative estimate of drug-likeness (QED) is 0.887. The molecule has 0 radical (unpaired) electrons. The van der Waals surface area contributed by atoms with E-state index >= 15 is 0 Å². The van der Waals surface area contributed by atoms with Gasteiger partial charge in [-0.25, -0.2) is 4.39 Å². The van der Waals surface area contributed by atoms with Crippen molar-refractivity contribution >= 4 is 0 Å². The molecule has 0 aromatic heterocycles. The third-order valence-electron chi connectivity index (χ3n) is 3.56. The first-order valence-electron chi connectivity index (χ1n) is 6.44. The van der Waals surface area contributed by atoms with Gasteiger partial charge in [-0.2, -0.15) is 0 Å². The summed E-state index contributed by atoms with van der Waals surface area (Å²) in [5.74, 6) is 0.549. The molecular formula is C14H21FN2O. The van der Waals surface area contributed by atoms with Crippen molar-refractivity contribution in [2.24, 2.45) is 0 Å². The Labute approximate surface area is 108 Å². The number of benzene rings is 1. The third kappa shape index (κ3) is 3.21. The van der Waals surface area contributed by atoms with Crippen LogP contribution in [0.4, 0.5) is 4.39 Å². The van der Waals surface area contributed by atoms with E-state index in [1.54, 1.807) is 19.2 Å². The number of rotatable bonds is 4. The zero-order valence-corrected chi connectivity index (χ0v) is 11.1. The summed E-state index contributed by atoms with van der Waals surface area (Å²) in [4.78, 5) is 2.27. The van der Waals surface area contributed by atoms with E-state index in [2.05, 4.69) is 17.3 Å². The second-order valence-electron chi connectivity index (χ2n) is 4.87. The molecule has 4 heteroatoms. The van der Waals surface area contributed by atoms with Crippen molar-refractivity contribution in [2.45, 2.75) is 25.4 Å². The van der Waals surface area contributed by atoms with Crippen LogP contribution in [0.25, 0.3) is 0 Å². The highest BCUT2D eigenvalue weighted by atomic mass is 19.1. The van der Waals surface area contributed by atoms with Crippen LogP contribution in [-0.4, -0.2) is 38.2 Å². The molecule has 1 heterocycles. The molecule has 0 aliphatic carbocycles. The molecule has 0 amide bonds. The Bertz CT molecular complexity index is 391. The van der Waals surface area contributed by atoms with Gasteiger partial charge in [0.25, 0.3) is 0 Å². The Balaban J connectivity index is 2.05. The van der Waals surface area contributed by atoms with Crippen LogP contribution in [0.5, 0.6) is 5.75 Å². The lowest BCUT2D eigenvalue weighted by atomic mass is 10.1. The summed E-state index contributed by atoms with van der Waals surface area (Å²) in [6, 6.07) is 5.21. The van der Waals surface area contributed by atoms with Crippen LogP contribution in [0.15, 0.2) is 18.2 Å². The van der Waals surface area contributed by atoms with E-state index in [1.807, 2.05) is 0 Å². The van der Waals surface area contributed by atoms with Crippen molar-refractivity contribution < 1.29 is 9.13 Å². The molecule has 2 rings (SSSR count). The zero-order valence-electron chi connectivity index (χ0n) is 11.1. The molecule has 1 aromatic rings. The van der Waals surface area contributed by atoms with Gasteiger partial charge in [-0.1, -0.05) is 0 Å². The predicted molar refractivity (Wildman–Crippen MR) is 70.3 cm³/mol. The Morgan fingerprint density at radius 1 is 1.50 bits per heavy atom. The fourth-order valence-corrected chi connectivity index (χ4v) is 2.48. The minimum atomic E-state index is -0.207. The van der Waals surface area contributed by atoms with Gasteiger partial charge in [-0.05, 0) is 44.6 Å². The fraction of sp³-hybridized carbons (Fsp3) is 0.571. The topological polar surface area (TPSA) is 24.5 Å². The Morgan fingerprint density at radius 3 is 3.00 bits per heavy atom. The largest absolute Gasteiger partial charge is 0.496 e. The first-order chi connectivity index (χ1) is 8.70. The number of piperidine rings is 1. The van der Waals surface area contributed by atoms with E-state index in [9.17, 15) is 4.39 Å². The summed E-state index contributed by atoms with van der Waals surface area (Å²) < 4.78 is 18.6. The lowest BCUT2D eigenvalue weighted by Crippen LogP contribution is -2.43. The second kappa shape index (κ2) is 6.16. The van der Waals surface area contributed by atoms with Crippen LogP contribution in [-0.2, 0) is 6.54 Å². The maximum Gasteiger partial charge on any atom is 0.123 e. The van der Waals surface area contributed by atoms with E-state index in [4.69, 9.17) is 4.74 Å². The second-order valence-corrected chi connectivity index (χ2v) is 4.87. The molecule has 1 saturated heterocycles. The molecular weight excluding hydrogens is 231 g/mol. The molecule has 100 valence electrons. The molecule has 1 aliphatic heterocycles. The molecule has 1 aromatic carbocycles. The Morgan fingerprint density at radius 2 is 2.33 bits per heavy atom. The van der Waals surface area contributed by atoms with Crippen molar-refractivity contribution in [1.29, 1.82) is 0 Å². The highest BCUT2D eigenvalue weighted by Crippen LogP contribution is 2.22. The molecule has 0 bridgehead atoms. The maximum absolute atomic E-state index is 13.3. The van der Waals surface area contributed by atoms with Gasteiger partial charge in [0.1, 0.15) is 11.6 Å². The normalized spacial score (nSPS) is 20.1. The lowest BCUT2D eigenvalue weighted by Gasteiger charge is -2.32. The monoisotopic (exact) mass is 252 g/mol. The average molecular weight is 252 g/mol. The van der Waals surface area contributed by atoms with Gasteiger partial charge in [-0.3, -0.25) is 4.90 Å². The summed E-state index contributed by atoms with van der Waals surface area (Å²) in [7, 11) is 3.71. The number of hydrogen-bond donors (Lipinski definition) is 1. The minimum Gasteiger partial charge on any atom is -0.496 e. The number of hydrogen-bond acceptors (Lipinski definition) is 3. The van der Waals surface area contributed by atoms with Crippen molar-refractivity contribution in [2.75, 3.05) is 27.2 Å². The Hall–Kier alpha value is -1.13. The van der Waals surface area contributed by atoms with Crippen LogP contribution in [0, 0.1) is 5.82 Å². The smallest absolute Gasteiger partial charge is 0.123 e. The molecule has 0 spiro atoms. The van der Waals surface area contributed by atoms with E-state index < -0.39 is 0 Å². The third-order valence-corrected chi connectivity index (χ3v) is 3.56. The first-order valence-corrected chi connectivity index (χ1v) is 6.44.